The molecule has 1 aromatic rings. The Hall–Kier alpha value is -2.08. The van der Waals surface area contributed by atoms with Crippen molar-refractivity contribution in [3.8, 4) is 5.75 Å². The van der Waals surface area contributed by atoms with Gasteiger partial charge in [0.1, 0.15) is 12.4 Å². The summed E-state index contributed by atoms with van der Waals surface area (Å²) in [6.45, 7) is 4.65. The zero-order valence-corrected chi connectivity index (χ0v) is 16.4. The van der Waals surface area contributed by atoms with E-state index in [-0.39, 0.29) is 30.4 Å². The highest BCUT2D eigenvalue weighted by molar-refractivity contribution is 5.81. The number of piperidine rings is 1. The van der Waals surface area contributed by atoms with Crippen LogP contribution in [-0.2, 0) is 14.3 Å². The summed E-state index contributed by atoms with van der Waals surface area (Å²) in [5.74, 6) is 1.09. The van der Waals surface area contributed by atoms with Gasteiger partial charge in [-0.2, -0.15) is 0 Å². The van der Waals surface area contributed by atoms with Crippen molar-refractivity contribution in [2.24, 2.45) is 5.92 Å². The summed E-state index contributed by atoms with van der Waals surface area (Å²) in [6, 6.07) is 8.15. The summed E-state index contributed by atoms with van der Waals surface area (Å²) in [7, 11) is 1.66. The molecule has 3 rings (SSSR count). The number of likely N-dealkylation sites (tertiary alicyclic amines) is 2. The fourth-order valence-electron chi connectivity index (χ4n) is 4.12. The van der Waals surface area contributed by atoms with E-state index in [4.69, 9.17) is 9.47 Å². The van der Waals surface area contributed by atoms with E-state index in [2.05, 4.69) is 6.07 Å². The van der Waals surface area contributed by atoms with Gasteiger partial charge in [-0.25, -0.2) is 0 Å². The van der Waals surface area contributed by atoms with E-state index in [1.165, 1.54) is 0 Å². The number of rotatable bonds is 6. The maximum absolute atomic E-state index is 13.2. The molecule has 1 aromatic carbocycles. The molecule has 0 bridgehead atoms. The predicted octanol–water partition coefficient (Wildman–Crippen LogP) is 2.63. The molecular weight excluding hydrogens is 344 g/mol. The molecule has 2 amide bonds. The number of hydrogen-bond acceptors (Lipinski definition) is 4. The Morgan fingerprint density at radius 3 is 2.63 bits per heavy atom. The number of carbonyl (C=O) groups is 2. The van der Waals surface area contributed by atoms with Gasteiger partial charge in [-0.05, 0) is 50.3 Å². The molecule has 0 radical (unpaired) electrons. The first-order valence-corrected chi connectivity index (χ1v) is 9.94. The van der Waals surface area contributed by atoms with Crippen LogP contribution in [0.2, 0.25) is 0 Å². The minimum atomic E-state index is 0.00681. The van der Waals surface area contributed by atoms with Gasteiger partial charge in [0.2, 0.25) is 11.8 Å². The van der Waals surface area contributed by atoms with Gasteiger partial charge in [-0.1, -0.05) is 12.1 Å². The van der Waals surface area contributed by atoms with Crippen molar-refractivity contribution in [2.75, 3.05) is 40.0 Å². The highest BCUT2D eigenvalue weighted by Crippen LogP contribution is 2.35. The number of nitrogens with zero attached hydrogens (tertiary/aromatic N) is 2. The quantitative estimate of drug-likeness (QED) is 0.768. The first-order chi connectivity index (χ1) is 13.1. The topological polar surface area (TPSA) is 59.1 Å². The van der Waals surface area contributed by atoms with Crippen LogP contribution in [0.3, 0.4) is 0 Å². The van der Waals surface area contributed by atoms with Gasteiger partial charge in [0, 0.05) is 32.2 Å². The molecule has 148 valence electrons. The minimum Gasteiger partial charge on any atom is -0.497 e. The molecule has 2 aliphatic heterocycles. The minimum absolute atomic E-state index is 0.00681. The summed E-state index contributed by atoms with van der Waals surface area (Å²) in [5, 5.41) is 0. The molecule has 1 atom stereocenters. The summed E-state index contributed by atoms with van der Waals surface area (Å²) >= 11 is 0. The van der Waals surface area contributed by atoms with E-state index in [9.17, 15) is 9.59 Å². The molecule has 6 nitrogen and oxygen atoms in total. The summed E-state index contributed by atoms with van der Waals surface area (Å²) in [5.41, 5.74) is 1.14. The van der Waals surface area contributed by atoms with E-state index in [0.29, 0.717) is 19.7 Å². The smallest absolute Gasteiger partial charge is 0.248 e. The van der Waals surface area contributed by atoms with Crippen LogP contribution in [0.4, 0.5) is 0 Å². The second kappa shape index (κ2) is 9.22. The molecule has 0 N–H and O–H groups in total. The van der Waals surface area contributed by atoms with E-state index in [0.717, 1.165) is 43.5 Å². The third-order valence-corrected chi connectivity index (χ3v) is 5.64. The van der Waals surface area contributed by atoms with Crippen LogP contribution in [-0.4, -0.2) is 61.6 Å². The van der Waals surface area contributed by atoms with Crippen LogP contribution in [0.1, 0.15) is 44.2 Å². The van der Waals surface area contributed by atoms with Gasteiger partial charge in [0.15, 0.2) is 0 Å². The van der Waals surface area contributed by atoms with Crippen molar-refractivity contribution in [1.82, 2.24) is 9.80 Å². The highest BCUT2D eigenvalue weighted by Gasteiger charge is 2.36. The molecule has 0 spiro atoms. The Bertz CT molecular complexity index is 655. The highest BCUT2D eigenvalue weighted by atomic mass is 16.5. The normalized spacial score (nSPS) is 20.7. The first kappa shape index (κ1) is 19.7. The molecule has 2 heterocycles. The molecule has 6 heteroatoms. The van der Waals surface area contributed by atoms with Gasteiger partial charge in [-0.15, -0.1) is 0 Å². The van der Waals surface area contributed by atoms with E-state index < -0.39 is 0 Å². The monoisotopic (exact) mass is 374 g/mol. The van der Waals surface area contributed by atoms with Crippen LogP contribution < -0.4 is 4.74 Å². The molecule has 0 saturated carbocycles. The molecule has 0 unspecified atom stereocenters. The second-order valence-electron chi connectivity index (χ2n) is 7.26. The van der Waals surface area contributed by atoms with Gasteiger partial charge in [0.05, 0.1) is 13.2 Å². The van der Waals surface area contributed by atoms with E-state index in [1.54, 1.807) is 7.11 Å². The maximum atomic E-state index is 13.2. The Balaban J connectivity index is 1.59. The van der Waals surface area contributed by atoms with Crippen LogP contribution in [0.15, 0.2) is 24.3 Å². The van der Waals surface area contributed by atoms with E-state index in [1.807, 2.05) is 34.9 Å². The maximum Gasteiger partial charge on any atom is 0.248 e. The standard InChI is InChI=1S/C21H30N2O4/c1-3-27-15-20(24)22-12-9-16(10-13-22)21(25)23-11-5-8-19(23)17-6-4-7-18(14-17)26-2/h4,6-7,14,16,19H,3,5,8-13,15H2,1-2H3/t19-/m0/s1. The van der Waals surface area contributed by atoms with Gasteiger partial charge >= 0.3 is 0 Å². The second-order valence-corrected chi connectivity index (χ2v) is 7.26. The Labute approximate surface area is 161 Å². The SMILES string of the molecule is CCOCC(=O)N1CCC(C(=O)N2CCC[C@H]2c2cccc(OC)c2)CC1. The zero-order chi connectivity index (χ0) is 19.2. The lowest BCUT2D eigenvalue weighted by Crippen LogP contribution is -2.45. The number of benzene rings is 1. The first-order valence-electron chi connectivity index (χ1n) is 9.94. The van der Waals surface area contributed by atoms with Crippen molar-refractivity contribution < 1.29 is 19.1 Å². The average molecular weight is 374 g/mol. The number of hydrogen-bond donors (Lipinski definition) is 0. The van der Waals surface area contributed by atoms with Crippen molar-refractivity contribution in [2.45, 2.75) is 38.6 Å². The van der Waals surface area contributed by atoms with Crippen LogP contribution >= 0.6 is 0 Å². The lowest BCUT2D eigenvalue weighted by molar-refractivity contribution is -0.143. The molecule has 2 aliphatic rings. The number of amides is 2. The van der Waals surface area contributed by atoms with Crippen LogP contribution in [0.25, 0.3) is 0 Å². The average Bonchev–Trinajstić information content (AvgIpc) is 3.21. The van der Waals surface area contributed by atoms with Crippen LogP contribution in [0, 0.1) is 5.92 Å². The Morgan fingerprint density at radius 1 is 1.15 bits per heavy atom. The van der Waals surface area contributed by atoms with E-state index >= 15 is 0 Å². The summed E-state index contributed by atoms with van der Waals surface area (Å²) in [4.78, 5) is 29.1. The molecule has 2 saturated heterocycles. The fraction of sp³-hybridized carbons (Fsp3) is 0.619. The van der Waals surface area contributed by atoms with Crippen molar-refractivity contribution in [3.05, 3.63) is 29.8 Å². The van der Waals surface area contributed by atoms with Crippen molar-refractivity contribution >= 4 is 11.8 Å². The molecule has 0 aromatic heterocycles. The largest absolute Gasteiger partial charge is 0.497 e. The van der Waals surface area contributed by atoms with Gasteiger partial charge in [-0.3, -0.25) is 9.59 Å². The number of ether oxygens (including phenoxy) is 2. The number of carbonyl (C=O) groups excluding carboxylic acids is 2. The molecular formula is C21H30N2O4. The third kappa shape index (κ3) is 4.61. The van der Waals surface area contributed by atoms with Crippen molar-refractivity contribution in [3.63, 3.8) is 0 Å². The molecule has 0 aliphatic carbocycles. The zero-order valence-electron chi connectivity index (χ0n) is 16.4. The van der Waals surface area contributed by atoms with Crippen LogP contribution in [0.5, 0.6) is 5.75 Å². The lowest BCUT2D eigenvalue weighted by Gasteiger charge is -2.35. The third-order valence-electron chi connectivity index (χ3n) is 5.64. The Kier molecular flexibility index (Phi) is 6.72. The molecule has 27 heavy (non-hydrogen) atoms. The lowest BCUT2D eigenvalue weighted by atomic mass is 9.94. The van der Waals surface area contributed by atoms with Gasteiger partial charge < -0.3 is 19.3 Å². The van der Waals surface area contributed by atoms with Gasteiger partial charge in [0.25, 0.3) is 0 Å². The summed E-state index contributed by atoms with van der Waals surface area (Å²) in [6.07, 6.45) is 3.49. The van der Waals surface area contributed by atoms with Crippen molar-refractivity contribution in [1.29, 1.82) is 0 Å². The summed E-state index contributed by atoms with van der Waals surface area (Å²) < 4.78 is 10.5. The predicted molar refractivity (Wildman–Crippen MR) is 102 cm³/mol. The Morgan fingerprint density at radius 2 is 1.93 bits per heavy atom. The fourth-order valence-corrected chi connectivity index (χ4v) is 4.12. The molecule has 2 fully saturated rings. The number of methoxy groups -OCH3 is 1.